The molecule has 2 fully saturated rings. The van der Waals surface area contributed by atoms with E-state index in [0.717, 1.165) is 48.8 Å². The fraction of sp³-hybridized carbons (Fsp3) is 0.667. The zero-order valence-electron chi connectivity index (χ0n) is 15.9. The number of nitrogens with zero attached hydrogens (tertiary/aromatic N) is 6. The molecule has 1 saturated carbocycles. The molecule has 4 rings (SSSR count). The summed E-state index contributed by atoms with van der Waals surface area (Å²) in [5.41, 5.74) is 3.01. The van der Waals surface area contributed by atoms with E-state index in [-0.39, 0.29) is 11.9 Å². The van der Waals surface area contributed by atoms with E-state index in [1.807, 2.05) is 30.5 Å². The van der Waals surface area contributed by atoms with Crippen molar-refractivity contribution in [3.05, 3.63) is 28.7 Å². The first kappa shape index (κ1) is 17.2. The molecule has 0 aromatic carbocycles. The number of hydrogen-bond acceptors (Lipinski definition) is 6. The Hall–Kier alpha value is -2.22. The molecule has 26 heavy (non-hydrogen) atoms. The average Bonchev–Trinajstić information content (AvgIpc) is 3.30. The smallest absolute Gasteiger partial charge is 0.229 e. The largest absolute Gasteiger partial charge is 0.339 e. The molecule has 2 aliphatic rings. The Labute approximate surface area is 153 Å². The summed E-state index contributed by atoms with van der Waals surface area (Å²) in [7, 11) is 3.96. The van der Waals surface area contributed by atoms with Gasteiger partial charge in [-0.1, -0.05) is 5.16 Å². The lowest BCUT2D eigenvalue weighted by atomic mass is 10.1. The second kappa shape index (κ2) is 6.50. The van der Waals surface area contributed by atoms with Crippen molar-refractivity contribution < 1.29 is 9.32 Å². The van der Waals surface area contributed by atoms with Crippen molar-refractivity contribution >= 4 is 5.91 Å². The third kappa shape index (κ3) is 3.13. The van der Waals surface area contributed by atoms with E-state index in [1.54, 1.807) is 0 Å². The van der Waals surface area contributed by atoms with Gasteiger partial charge >= 0.3 is 0 Å². The normalized spacial score (nSPS) is 21.4. The minimum absolute atomic E-state index is 0.0138. The molecule has 1 aliphatic carbocycles. The molecule has 8 nitrogen and oxygen atoms in total. The highest BCUT2D eigenvalue weighted by Crippen LogP contribution is 2.39. The number of carbonyl (C=O) groups excluding carboxylic acids is 1. The molecular formula is C18H26N6O2. The van der Waals surface area contributed by atoms with Crippen molar-refractivity contribution in [2.24, 2.45) is 7.05 Å². The van der Waals surface area contributed by atoms with Crippen LogP contribution in [0.15, 0.2) is 4.52 Å². The standard InChI is InChI=1S/C18H26N6O2/c1-11-14(12(2)23(4)20-11)9-16(25)24-8-7-22(3)15(10-24)17-19-18(26-21-17)13-5-6-13/h13,15H,5-10H2,1-4H3. The molecule has 2 aromatic heterocycles. The van der Waals surface area contributed by atoms with Crippen molar-refractivity contribution in [3.63, 3.8) is 0 Å². The number of rotatable bonds is 4. The van der Waals surface area contributed by atoms with E-state index >= 15 is 0 Å². The first-order valence-corrected chi connectivity index (χ1v) is 9.24. The minimum atomic E-state index is -0.0138. The SMILES string of the molecule is Cc1nn(C)c(C)c1CC(=O)N1CCN(C)C(c2noc(C3CC3)n2)C1. The molecular weight excluding hydrogens is 332 g/mol. The summed E-state index contributed by atoms with van der Waals surface area (Å²) in [5.74, 6) is 2.02. The summed E-state index contributed by atoms with van der Waals surface area (Å²) in [6.07, 6.45) is 2.66. The summed E-state index contributed by atoms with van der Waals surface area (Å²) in [4.78, 5) is 21.6. The van der Waals surface area contributed by atoms with Gasteiger partial charge in [0, 0.05) is 43.9 Å². The summed E-state index contributed by atoms with van der Waals surface area (Å²) in [5, 5.41) is 8.60. The van der Waals surface area contributed by atoms with Crippen molar-refractivity contribution in [2.75, 3.05) is 26.7 Å². The summed E-state index contributed by atoms with van der Waals surface area (Å²) >= 11 is 0. The fourth-order valence-corrected chi connectivity index (χ4v) is 3.59. The summed E-state index contributed by atoms with van der Waals surface area (Å²) in [6.45, 7) is 6.08. The monoisotopic (exact) mass is 358 g/mol. The molecule has 1 atom stereocenters. The van der Waals surface area contributed by atoms with Gasteiger partial charge in [0.25, 0.3) is 0 Å². The average molecular weight is 358 g/mol. The first-order valence-electron chi connectivity index (χ1n) is 9.24. The highest BCUT2D eigenvalue weighted by atomic mass is 16.5. The molecule has 2 aromatic rings. The second-order valence-electron chi connectivity index (χ2n) is 7.55. The quantitative estimate of drug-likeness (QED) is 0.821. The van der Waals surface area contributed by atoms with Crippen LogP contribution in [0, 0.1) is 13.8 Å². The molecule has 0 radical (unpaired) electrons. The van der Waals surface area contributed by atoms with Gasteiger partial charge in [-0.25, -0.2) is 0 Å². The van der Waals surface area contributed by atoms with Gasteiger partial charge in [-0.2, -0.15) is 10.1 Å². The first-order chi connectivity index (χ1) is 12.4. The van der Waals surface area contributed by atoms with Gasteiger partial charge in [-0.15, -0.1) is 0 Å². The Morgan fingerprint density at radius 3 is 2.65 bits per heavy atom. The van der Waals surface area contributed by atoms with Crippen LogP contribution in [0.3, 0.4) is 0 Å². The predicted molar refractivity (Wildman–Crippen MR) is 94.6 cm³/mol. The highest BCUT2D eigenvalue weighted by Gasteiger charge is 2.35. The molecule has 8 heteroatoms. The van der Waals surface area contributed by atoms with E-state index in [9.17, 15) is 4.79 Å². The number of aryl methyl sites for hydroxylation is 2. The molecule has 1 saturated heterocycles. The van der Waals surface area contributed by atoms with Gasteiger partial charge in [0.2, 0.25) is 11.8 Å². The Morgan fingerprint density at radius 1 is 1.23 bits per heavy atom. The Kier molecular flexibility index (Phi) is 4.30. The second-order valence-corrected chi connectivity index (χ2v) is 7.55. The van der Waals surface area contributed by atoms with Crippen molar-refractivity contribution in [1.29, 1.82) is 0 Å². The van der Waals surface area contributed by atoms with Gasteiger partial charge in [0.1, 0.15) is 0 Å². The van der Waals surface area contributed by atoms with Crippen LogP contribution in [-0.2, 0) is 18.3 Å². The topological polar surface area (TPSA) is 80.3 Å². The Balaban J connectivity index is 1.47. The van der Waals surface area contributed by atoms with Crippen LogP contribution in [-0.4, -0.2) is 62.3 Å². The number of aromatic nitrogens is 4. The molecule has 1 aliphatic heterocycles. The number of hydrogen-bond donors (Lipinski definition) is 0. The molecule has 0 N–H and O–H groups in total. The Morgan fingerprint density at radius 2 is 2.00 bits per heavy atom. The number of piperazine rings is 1. The van der Waals surface area contributed by atoms with Crippen molar-refractivity contribution in [2.45, 2.75) is 45.1 Å². The number of amides is 1. The van der Waals surface area contributed by atoms with E-state index < -0.39 is 0 Å². The summed E-state index contributed by atoms with van der Waals surface area (Å²) in [6, 6.07) is -0.0138. The fourth-order valence-electron chi connectivity index (χ4n) is 3.59. The van der Waals surface area contributed by atoms with Crippen molar-refractivity contribution in [3.8, 4) is 0 Å². The van der Waals surface area contributed by atoms with E-state index in [1.165, 1.54) is 0 Å². The zero-order chi connectivity index (χ0) is 18.4. The lowest BCUT2D eigenvalue weighted by Crippen LogP contribution is -2.49. The molecule has 1 unspecified atom stereocenters. The van der Waals surface area contributed by atoms with Crippen LogP contribution in [0.5, 0.6) is 0 Å². The number of likely N-dealkylation sites (N-methyl/N-ethyl adjacent to an activating group) is 1. The maximum atomic E-state index is 12.9. The Bertz CT molecular complexity index is 822. The van der Waals surface area contributed by atoms with Crippen molar-refractivity contribution in [1.82, 2.24) is 29.7 Å². The van der Waals surface area contributed by atoms with Crippen LogP contribution >= 0.6 is 0 Å². The molecule has 0 spiro atoms. The van der Waals surface area contributed by atoms with E-state index in [0.29, 0.717) is 24.7 Å². The summed E-state index contributed by atoms with van der Waals surface area (Å²) < 4.78 is 7.25. The van der Waals surface area contributed by atoms with Crippen LogP contribution in [0.1, 0.15) is 53.5 Å². The van der Waals surface area contributed by atoms with Gasteiger partial charge in [-0.3, -0.25) is 14.4 Å². The van der Waals surface area contributed by atoms with E-state index in [2.05, 4.69) is 27.2 Å². The molecule has 3 heterocycles. The molecule has 1 amide bonds. The number of carbonyl (C=O) groups is 1. The highest BCUT2D eigenvalue weighted by molar-refractivity contribution is 5.79. The van der Waals surface area contributed by atoms with Crippen LogP contribution in [0.2, 0.25) is 0 Å². The third-order valence-electron chi connectivity index (χ3n) is 5.67. The zero-order valence-corrected chi connectivity index (χ0v) is 15.9. The van der Waals surface area contributed by atoms with Gasteiger partial charge in [0.05, 0.1) is 18.2 Å². The van der Waals surface area contributed by atoms with Crippen LogP contribution in [0.4, 0.5) is 0 Å². The minimum Gasteiger partial charge on any atom is -0.339 e. The van der Waals surface area contributed by atoms with Crippen LogP contribution in [0.25, 0.3) is 0 Å². The molecule has 140 valence electrons. The lowest BCUT2D eigenvalue weighted by molar-refractivity contribution is -0.133. The molecule has 0 bridgehead atoms. The lowest BCUT2D eigenvalue weighted by Gasteiger charge is -2.38. The van der Waals surface area contributed by atoms with Gasteiger partial charge < -0.3 is 9.42 Å². The van der Waals surface area contributed by atoms with Gasteiger partial charge in [0.15, 0.2) is 5.82 Å². The predicted octanol–water partition coefficient (Wildman–Crippen LogP) is 1.36. The third-order valence-corrected chi connectivity index (χ3v) is 5.67. The van der Waals surface area contributed by atoms with Gasteiger partial charge in [-0.05, 0) is 33.7 Å². The van der Waals surface area contributed by atoms with Crippen LogP contribution < -0.4 is 0 Å². The van der Waals surface area contributed by atoms with E-state index in [4.69, 9.17) is 4.52 Å². The maximum Gasteiger partial charge on any atom is 0.229 e. The maximum absolute atomic E-state index is 12.9.